The van der Waals surface area contributed by atoms with Gasteiger partial charge in [-0.25, -0.2) is 10.4 Å². The predicted molar refractivity (Wildman–Crippen MR) is 127 cm³/mol. The van der Waals surface area contributed by atoms with Crippen molar-refractivity contribution >= 4 is 34.2 Å². The highest BCUT2D eigenvalue weighted by Crippen LogP contribution is 2.38. The predicted octanol–water partition coefficient (Wildman–Crippen LogP) is 4.80. The summed E-state index contributed by atoms with van der Waals surface area (Å²) >= 11 is 1.43. The highest BCUT2D eigenvalue weighted by molar-refractivity contribution is 8.19. The minimum atomic E-state index is -0.0374. The van der Waals surface area contributed by atoms with E-state index in [0.717, 1.165) is 17.9 Å². The lowest BCUT2D eigenvalue weighted by molar-refractivity contribution is -0.113. The summed E-state index contributed by atoms with van der Waals surface area (Å²) in [7, 11) is 0. The molecule has 0 aliphatic carbocycles. The Morgan fingerprint density at radius 3 is 2.26 bits per heavy atom. The molecule has 6 heteroatoms. The maximum absolute atomic E-state index is 13.5. The summed E-state index contributed by atoms with van der Waals surface area (Å²) in [4.78, 5) is 20.6. The van der Waals surface area contributed by atoms with Gasteiger partial charge in [0.15, 0.2) is 5.17 Å². The number of thioether (sulfide) groups is 1. The van der Waals surface area contributed by atoms with Crippen molar-refractivity contribution in [2.45, 2.75) is 6.04 Å². The molecule has 2 aliphatic rings. The van der Waals surface area contributed by atoms with Gasteiger partial charge in [-0.05, 0) is 41.6 Å². The van der Waals surface area contributed by atoms with Crippen molar-refractivity contribution in [3.05, 3.63) is 108 Å². The number of anilines is 1. The first-order chi connectivity index (χ1) is 15.3. The second kappa shape index (κ2) is 8.89. The number of amidine groups is 1. The van der Waals surface area contributed by atoms with Crippen molar-refractivity contribution in [3.63, 3.8) is 0 Å². The minimum absolute atomic E-state index is 0.0374. The number of hydrazine groups is 1. The molecule has 3 aromatic rings. The van der Waals surface area contributed by atoms with E-state index in [1.165, 1.54) is 17.3 Å². The molecule has 2 aliphatic heterocycles. The highest BCUT2D eigenvalue weighted by Gasteiger charge is 2.37. The number of hydrogen-bond donors (Lipinski definition) is 2. The molecular formula is C25H22N4OS. The van der Waals surface area contributed by atoms with Crippen molar-refractivity contribution in [1.82, 2.24) is 10.9 Å². The Hall–Kier alpha value is -3.19. The first kappa shape index (κ1) is 19.8. The topological polar surface area (TPSA) is 56.7 Å². The Bertz CT molecular complexity index is 1120. The maximum Gasteiger partial charge on any atom is 0.271 e. The van der Waals surface area contributed by atoms with Crippen LogP contribution in [0.3, 0.4) is 0 Å². The Labute approximate surface area is 185 Å². The van der Waals surface area contributed by atoms with Gasteiger partial charge < -0.3 is 0 Å². The number of hydrogen-bond acceptors (Lipinski definition) is 5. The van der Waals surface area contributed by atoms with Gasteiger partial charge in [0.2, 0.25) is 0 Å². The molecule has 0 bridgehead atoms. The van der Waals surface area contributed by atoms with Crippen LogP contribution in [-0.4, -0.2) is 17.6 Å². The van der Waals surface area contributed by atoms with Crippen molar-refractivity contribution in [2.24, 2.45) is 10.9 Å². The molecule has 0 aromatic heterocycles. The van der Waals surface area contributed by atoms with Crippen molar-refractivity contribution in [3.8, 4) is 0 Å². The van der Waals surface area contributed by atoms with E-state index in [9.17, 15) is 4.79 Å². The Kier molecular flexibility index (Phi) is 5.67. The van der Waals surface area contributed by atoms with Crippen molar-refractivity contribution in [2.75, 3.05) is 11.4 Å². The summed E-state index contributed by atoms with van der Waals surface area (Å²) < 4.78 is 0. The largest absolute Gasteiger partial charge is 0.271 e. The lowest BCUT2D eigenvalue weighted by Crippen LogP contribution is -2.28. The molecule has 5 nitrogen and oxygen atoms in total. The number of para-hydroxylation sites is 2. The van der Waals surface area contributed by atoms with E-state index in [2.05, 4.69) is 29.1 Å². The van der Waals surface area contributed by atoms with Crippen LogP contribution in [0.1, 0.15) is 11.6 Å². The van der Waals surface area contributed by atoms with E-state index >= 15 is 0 Å². The smallest absolute Gasteiger partial charge is 0.268 e. The second-order valence-corrected chi connectivity index (χ2v) is 8.43. The molecule has 2 saturated heterocycles. The quantitative estimate of drug-likeness (QED) is 0.588. The van der Waals surface area contributed by atoms with Crippen LogP contribution >= 0.6 is 11.8 Å². The number of nitrogens with zero attached hydrogens (tertiary/aromatic N) is 2. The first-order valence-corrected chi connectivity index (χ1v) is 11.1. The van der Waals surface area contributed by atoms with Gasteiger partial charge in [-0.2, -0.15) is 0 Å². The molecule has 5 rings (SSSR count). The fourth-order valence-corrected chi connectivity index (χ4v) is 4.88. The SMILES string of the molecule is O=C1/C(=C/C2CNNC2c2ccccc2)SC(=Nc2ccccc2)N1c1ccccc1. The molecule has 2 fully saturated rings. The molecule has 0 saturated carbocycles. The summed E-state index contributed by atoms with van der Waals surface area (Å²) in [6.07, 6.45) is 2.08. The summed E-state index contributed by atoms with van der Waals surface area (Å²) in [5.74, 6) is 0.118. The number of rotatable bonds is 4. The van der Waals surface area contributed by atoms with Crippen LogP contribution in [0.4, 0.5) is 11.4 Å². The van der Waals surface area contributed by atoms with Crippen LogP contribution in [0, 0.1) is 5.92 Å². The number of carbonyl (C=O) groups excluding carboxylic acids is 1. The Morgan fingerprint density at radius 1 is 0.903 bits per heavy atom. The molecule has 0 radical (unpaired) electrons. The van der Waals surface area contributed by atoms with E-state index in [-0.39, 0.29) is 17.9 Å². The summed E-state index contributed by atoms with van der Waals surface area (Å²) in [6.45, 7) is 0.757. The van der Waals surface area contributed by atoms with Crippen molar-refractivity contribution in [1.29, 1.82) is 0 Å². The van der Waals surface area contributed by atoms with Crippen LogP contribution in [0.2, 0.25) is 0 Å². The van der Waals surface area contributed by atoms with Gasteiger partial charge in [0.05, 0.1) is 22.3 Å². The van der Waals surface area contributed by atoms with Crippen molar-refractivity contribution < 1.29 is 4.79 Å². The molecule has 1 amide bonds. The van der Waals surface area contributed by atoms with Crippen LogP contribution < -0.4 is 15.8 Å². The van der Waals surface area contributed by atoms with Crippen LogP contribution in [0.25, 0.3) is 0 Å². The Balaban J connectivity index is 1.50. The van der Waals surface area contributed by atoms with E-state index in [0.29, 0.717) is 10.1 Å². The molecule has 0 spiro atoms. The molecule has 2 N–H and O–H groups in total. The van der Waals surface area contributed by atoms with Gasteiger partial charge in [0.25, 0.3) is 5.91 Å². The highest BCUT2D eigenvalue weighted by atomic mass is 32.2. The van der Waals surface area contributed by atoms with Gasteiger partial charge in [-0.15, -0.1) is 0 Å². The summed E-state index contributed by atoms with van der Waals surface area (Å²) in [6, 6.07) is 29.9. The zero-order valence-corrected chi connectivity index (χ0v) is 17.6. The van der Waals surface area contributed by atoms with E-state index in [1.54, 1.807) is 4.90 Å². The maximum atomic E-state index is 13.5. The van der Waals surface area contributed by atoms with Gasteiger partial charge in [-0.3, -0.25) is 15.1 Å². The normalized spacial score (nSPS) is 23.7. The average molecular weight is 427 g/mol. The summed E-state index contributed by atoms with van der Waals surface area (Å²) in [5.41, 5.74) is 9.43. The third-order valence-corrected chi connectivity index (χ3v) is 6.34. The first-order valence-electron chi connectivity index (χ1n) is 10.3. The number of benzene rings is 3. The van der Waals surface area contributed by atoms with Crippen LogP contribution in [0.15, 0.2) is 107 Å². The minimum Gasteiger partial charge on any atom is -0.268 e. The standard InChI is InChI=1S/C25H22N4OS/c30-24-22(16-19-17-26-28-23(19)18-10-4-1-5-11-18)31-25(27-20-12-6-2-7-13-20)29(24)21-14-8-3-9-15-21/h1-16,19,23,26,28H,17H2/b22-16-,27-25?. The number of nitrogens with one attached hydrogen (secondary N) is 2. The number of amides is 1. The van der Waals surface area contributed by atoms with E-state index < -0.39 is 0 Å². The zero-order chi connectivity index (χ0) is 21.0. The zero-order valence-electron chi connectivity index (χ0n) is 16.8. The molecular weight excluding hydrogens is 404 g/mol. The molecule has 2 heterocycles. The monoisotopic (exact) mass is 426 g/mol. The fraction of sp³-hybridized carbons (Fsp3) is 0.120. The third kappa shape index (κ3) is 4.18. The van der Waals surface area contributed by atoms with Crippen LogP contribution in [-0.2, 0) is 4.79 Å². The van der Waals surface area contributed by atoms with Gasteiger partial charge in [0.1, 0.15) is 0 Å². The molecule has 31 heavy (non-hydrogen) atoms. The van der Waals surface area contributed by atoms with E-state index in [4.69, 9.17) is 4.99 Å². The second-order valence-electron chi connectivity index (χ2n) is 7.42. The lowest BCUT2D eigenvalue weighted by Gasteiger charge is -2.16. The fourth-order valence-electron chi connectivity index (χ4n) is 3.83. The van der Waals surface area contributed by atoms with E-state index in [1.807, 2.05) is 78.9 Å². The lowest BCUT2D eigenvalue weighted by atomic mass is 9.94. The molecule has 2 atom stereocenters. The average Bonchev–Trinajstić information content (AvgIpc) is 3.40. The van der Waals surface area contributed by atoms with Crippen LogP contribution in [0.5, 0.6) is 0 Å². The number of aliphatic imine (C=N–C) groups is 1. The molecule has 2 unspecified atom stereocenters. The molecule has 3 aromatic carbocycles. The Morgan fingerprint density at radius 2 is 1.55 bits per heavy atom. The van der Waals surface area contributed by atoms with Gasteiger partial charge >= 0.3 is 0 Å². The van der Waals surface area contributed by atoms with Gasteiger partial charge in [-0.1, -0.05) is 72.8 Å². The van der Waals surface area contributed by atoms with Gasteiger partial charge in [0, 0.05) is 12.5 Å². The number of carbonyl (C=O) groups is 1. The summed E-state index contributed by atoms with van der Waals surface area (Å²) in [5, 5.41) is 0.670. The molecule has 154 valence electrons. The third-order valence-electron chi connectivity index (χ3n) is 5.35.